The van der Waals surface area contributed by atoms with Crippen molar-refractivity contribution in [3.63, 3.8) is 0 Å². The minimum absolute atomic E-state index is 0. The van der Waals surface area contributed by atoms with Crippen LogP contribution in [0.4, 0.5) is 0 Å². The molecule has 4 aliphatic carbocycles. The quantitative estimate of drug-likeness (QED) is 0.134. The van der Waals surface area contributed by atoms with Gasteiger partial charge in [0.2, 0.25) is 0 Å². The number of hydrogen-bond acceptors (Lipinski definition) is 6. The van der Waals surface area contributed by atoms with E-state index in [-0.39, 0.29) is 157 Å². The van der Waals surface area contributed by atoms with Gasteiger partial charge in [-0.05, 0) is 86.9 Å². The predicted octanol–water partition coefficient (Wildman–Crippen LogP) is 5.91. The maximum absolute atomic E-state index is 7.20. The summed E-state index contributed by atoms with van der Waals surface area (Å²) >= 11 is 56.2. The smallest absolute Gasteiger partial charge is 0.632 e. The molecule has 8 bridgehead atoms. The van der Waals surface area contributed by atoms with Gasteiger partial charge in [-0.25, -0.2) is 0 Å². The van der Waals surface area contributed by atoms with Crippen LogP contribution >= 0.6 is 92.8 Å². The molecule has 8 nitrogen and oxygen atoms in total. The maximum atomic E-state index is 7.20. The first-order valence-corrected chi connectivity index (χ1v) is 21.6. The first-order valence-electron chi connectivity index (χ1n) is 18.1. The summed E-state index contributed by atoms with van der Waals surface area (Å²) in [5.41, 5.74) is 0. The molecule has 4 saturated carbocycles. The van der Waals surface area contributed by atoms with Gasteiger partial charge >= 0.3 is 17.1 Å². The van der Waals surface area contributed by atoms with E-state index in [1.807, 2.05) is 0 Å². The molecule has 5 aliphatic heterocycles. The fourth-order valence-corrected chi connectivity index (χ4v) is 15.8. The number of nitrogens with zero attached hydrogens (tertiary/aromatic N) is 2. The van der Waals surface area contributed by atoms with Crippen LogP contribution in [0.15, 0.2) is 0 Å². The maximum Gasteiger partial charge on any atom is 2.00 e. The number of rotatable bonds is 0. The molecule has 5 saturated heterocycles. The van der Waals surface area contributed by atoms with Crippen molar-refractivity contribution in [2.24, 2.45) is 47.3 Å². The number of hydrogen-bond donors (Lipinski definition) is 6. The van der Waals surface area contributed by atoms with Gasteiger partial charge in [0.15, 0.2) is 0 Å². The van der Waals surface area contributed by atoms with Crippen LogP contribution in [0.5, 0.6) is 0 Å². The molecule has 6 N–H and O–H groups in total. The molecule has 0 aromatic heterocycles. The third-order valence-corrected chi connectivity index (χ3v) is 16.9. The van der Waals surface area contributed by atoms with Crippen molar-refractivity contribution >= 4 is 92.8 Å². The molecule has 9 aliphatic rings. The van der Waals surface area contributed by atoms with Gasteiger partial charge in [-0.1, -0.05) is 24.7 Å². The van der Waals surface area contributed by atoms with Crippen LogP contribution in [-0.4, -0.2) is 92.3 Å². The summed E-state index contributed by atoms with van der Waals surface area (Å²) in [7, 11) is 0. The summed E-state index contributed by atoms with van der Waals surface area (Å²) in [6.45, 7) is 0. The fraction of sp³-hybridized carbons (Fsp3) is 1.00. The van der Waals surface area contributed by atoms with E-state index in [4.69, 9.17) is 103 Å². The number of halogens is 8. The Labute approximate surface area is 340 Å². The number of fused-ring (bicyclic) bond motifs is 20. The molecule has 0 aromatic carbocycles. The van der Waals surface area contributed by atoms with Gasteiger partial charge in [-0.2, -0.15) is 0 Å². The minimum atomic E-state index is -0.174. The van der Waals surface area contributed by atoms with Crippen LogP contribution in [0.3, 0.4) is 0 Å². The van der Waals surface area contributed by atoms with Crippen LogP contribution in [0, 0.1) is 47.3 Å². The Hall–Kier alpha value is 2.52. The molecule has 1 radical (unpaired) electrons. The van der Waals surface area contributed by atoms with Crippen molar-refractivity contribution in [3.8, 4) is 0 Å². The SMILES string of the molecule is ClC1CC(Cl)C2C3[N-]C(NC4NC(NC5NC(NC6[N-]C(N3)C3CC(Cl)CC(Cl)C63)C3CC(Cl)CC(Cl)C53)C3CC(Cl)CC(Cl)C43)C2C1.[Cu+2]. The molecule has 0 aromatic rings. The Bertz CT molecular complexity index is 1030. The topological polar surface area (TPSA) is 100 Å². The zero-order valence-electron chi connectivity index (χ0n) is 26.7. The van der Waals surface area contributed by atoms with Crippen molar-refractivity contribution in [2.75, 3.05) is 0 Å². The van der Waals surface area contributed by atoms with Gasteiger partial charge in [0.1, 0.15) is 0 Å². The molecule has 0 spiro atoms. The average molecular weight is 890 g/mol. The normalized spacial score (nSPS) is 61.2. The zero-order chi connectivity index (χ0) is 33.2. The van der Waals surface area contributed by atoms with Crippen molar-refractivity contribution in [1.29, 1.82) is 0 Å². The molecule has 24 atom stereocenters. The van der Waals surface area contributed by atoms with Crippen molar-refractivity contribution in [2.45, 2.75) is 144 Å². The molecule has 24 unspecified atom stereocenters. The van der Waals surface area contributed by atoms with E-state index in [2.05, 4.69) is 31.9 Å². The van der Waals surface area contributed by atoms with Gasteiger partial charge in [-0.3, -0.25) is 16.0 Å². The van der Waals surface area contributed by atoms with Crippen molar-refractivity contribution < 1.29 is 17.1 Å². The Morgan fingerprint density at radius 1 is 0.327 bits per heavy atom. The molecular formula is C32H46Cl8CuN8. The summed E-state index contributed by atoms with van der Waals surface area (Å²) < 4.78 is 0. The van der Waals surface area contributed by atoms with Gasteiger partial charge in [0.25, 0.3) is 0 Å². The molecule has 17 heteroatoms. The first kappa shape index (κ1) is 38.4. The Kier molecular flexibility index (Phi) is 11.8. The van der Waals surface area contributed by atoms with E-state index in [1.54, 1.807) is 0 Å². The summed E-state index contributed by atoms with van der Waals surface area (Å²) in [6.07, 6.45) is 5.76. The molecular weight excluding hydrogens is 844 g/mol. The summed E-state index contributed by atoms with van der Waals surface area (Å²) in [6, 6.07) is 0. The van der Waals surface area contributed by atoms with Crippen molar-refractivity contribution in [1.82, 2.24) is 31.9 Å². The van der Waals surface area contributed by atoms with Gasteiger partial charge in [-0.15, -0.1) is 92.8 Å². The minimum Gasteiger partial charge on any atom is -0.632 e. The molecule has 49 heavy (non-hydrogen) atoms. The second-order valence-electron chi connectivity index (χ2n) is 16.3. The van der Waals surface area contributed by atoms with Gasteiger partial charge in [0, 0.05) is 54.9 Å². The van der Waals surface area contributed by atoms with E-state index >= 15 is 0 Å². The van der Waals surface area contributed by atoms with Crippen LogP contribution < -0.4 is 31.9 Å². The number of nitrogens with one attached hydrogen (secondary N) is 6. The van der Waals surface area contributed by atoms with E-state index in [9.17, 15) is 0 Å². The second-order valence-corrected chi connectivity index (χ2v) is 21.0. The molecule has 9 rings (SSSR count). The molecule has 0 amide bonds. The van der Waals surface area contributed by atoms with E-state index in [0.29, 0.717) is 0 Å². The monoisotopic (exact) mass is 885 g/mol. The largest absolute Gasteiger partial charge is 2.00 e. The van der Waals surface area contributed by atoms with E-state index in [1.165, 1.54) is 0 Å². The number of alkyl halides is 8. The van der Waals surface area contributed by atoms with E-state index in [0.717, 1.165) is 51.4 Å². The van der Waals surface area contributed by atoms with Gasteiger partial charge < -0.3 is 26.6 Å². The third kappa shape index (κ3) is 6.98. The van der Waals surface area contributed by atoms with E-state index < -0.39 is 0 Å². The Balaban J connectivity index is 0.00000348. The predicted molar refractivity (Wildman–Crippen MR) is 198 cm³/mol. The van der Waals surface area contributed by atoms with Gasteiger partial charge in [0.05, 0.1) is 24.7 Å². The fourth-order valence-electron chi connectivity index (χ4n) is 11.7. The second kappa shape index (κ2) is 15.1. The molecule has 9 fully saturated rings. The van der Waals surface area contributed by atoms with Crippen LogP contribution in [-0.2, 0) is 17.1 Å². The average Bonchev–Trinajstić information content (AvgIpc) is 3.72. The summed E-state index contributed by atoms with van der Waals surface area (Å²) in [5.74, 6) is 1.42. The molecule has 281 valence electrons. The Morgan fingerprint density at radius 2 is 0.653 bits per heavy atom. The van der Waals surface area contributed by atoms with Crippen molar-refractivity contribution in [3.05, 3.63) is 10.6 Å². The summed E-state index contributed by atoms with van der Waals surface area (Å²) in [4.78, 5) is 0. The standard InChI is InChI=1S/C32H46Cl8N8.Cu/c33-9-1-13-21(17(37)5-9)29-41-25(13)45-30-22-14(2-10(34)6-18(22)38)27(42-30)47-32-24-16(4-12(36)8-20(24)40)28(44-32)48-31-23-15(26(43-31)46-29)3-11(35)7-19(23)39;/h9-32,41-42,45-48H,1-8H2;/q-2;+2. The first-order chi connectivity index (χ1) is 23.0. The summed E-state index contributed by atoms with van der Waals surface area (Å²) in [5, 5.41) is 34.5. The van der Waals surface area contributed by atoms with Crippen LogP contribution in [0.1, 0.15) is 51.4 Å². The zero-order valence-corrected chi connectivity index (χ0v) is 33.7. The van der Waals surface area contributed by atoms with Crippen LogP contribution in [0.25, 0.3) is 10.6 Å². The van der Waals surface area contributed by atoms with Crippen LogP contribution in [0.2, 0.25) is 0 Å². The molecule has 5 heterocycles. The Morgan fingerprint density at radius 3 is 1.12 bits per heavy atom. The third-order valence-electron chi connectivity index (χ3n) is 13.6.